The molecule has 3 aromatic heterocycles. The Morgan fingerprint density at radius 3 is 2.34 bits per heavy atom. The van der Waals surface area contributed by atoms with Gasteiger partial charge < -0.3 is 4.57 Å². The van der Waals surface area contributed by atoms with Crippen molar-refractivity contribution in [2.24, 2.45) is 7.05 Å². The summed E-state index contributed by atoms with van der Waals surface area (Å²) < 4.78 is 5.65. The van der Waals surface area contributed by atoms with Crippen LogP contribution in [0.15, 0.2) is 27.8 Å². The molecule has 0 N–H and O–H groups in total. The number of imidazole rings is 1. The van der Waals surface area contributed by atoms with E-state index in [0.29, 0.717) is 30.1 Å². The van der Waals surface area contributed by atoms with E-state index in [-0.39, 0.29) is 16.7 Å². The van der Waals surface area contributed by atoms with Crippen LogP contribution >= 0.6 is 11.3 Å². The molecule has 0 atom stereocenters. The monoisotopic (exact) mass is 411 g/mol. The molecular formula is C21H25N5O2S. The standard InChI is InChI=1S/C21H25N5O2S/c1-7-25-16-15(19(27)26(8-2)20(25)28)24(6)17(23-16)18-22-13-10-9-12(21(3,4)5)11-14(13)29-18/h9-11H,7-8H2,1-6H3. The molecule has 0 saturated heterocycles. The minimum absolute atomic E-state index is 0.0542. The summed E-state index contributed by atoms with van der Waals surface area (Å²) in [6, 6.07) is 6.31. The number of nitrogens with zero attached hydrogens (tertiary/aromatic N) is 5. The van der Waals surface area contributed by atoms with E-state index in [2.05, 4.69) is 37.9 Å². The lowest BCUT2D eigenvalue weighted by molar-refractivity contribution is 0.591. The number of fused-ring (bicyclic) bond motifs is 2. The first-order chi connectivity index (χ1) is 13.7. The molecule has 4 rings (SSSR count). The lowest BCUT2D eigenvalue weighted by Gasteiger charge is -2.18. The van der Waals surface area contributed by atoms with Gasteiger partial charge in [-0.25, -0.2) is 14.8 Å². The zero-order valence-electron chi connectivity index (χ0n) is 17.6. The summed E-state index contributed by atoms with van der Waals surface area (Å²) in [5.74, 6) is 0.603. The van der Waals surface area contributed by atoms with Gasteiger partial charge in [0.05, 0.1) is 10.2 Å². The third-order valence-corrected chi connectivity index (χ3v) is 6.33. The zero-order chi connectivity index (χ0) is 21.1. The number of rotatable bonds is 3. The maximum absolute atomic E-state index is 12.9. The molecule has 7 nitrogen and oxygen atoms in total. The normalized spacial score (nSPS) is 12.3. The maximum atomic E-state index is 12.9. The second kappa shape index (κ2) is 6.66. The number of benzene rings is 1. The van der Waals surface area contributed by atoms with Gasteiger partial charge in [0.2, 0.25) is 0 Å². The van der Waals surface area contributed by atoms with Gasteiger partial charge in [-0.1, -0.05) is 26.8 Å². The summed E-state index contributed by atoms with van der Waals surface area (Å²) in [5, 5.41) is 0.738. The summed E-state index contributed by atoms with van der Waals surface area (Å²) in [6.45, 7) is 11.0. The molecule has 0 saturated carbocycles. The van der Waals surface area contributed by atoms with Gasteiger partial charge in [-0.2, -0.15) is 0 Å². The van der Waals surface area contributed by atoms with Gasteiger partial charge in [-0.15, -0.1) is 11.3 Å². The fourth-order valence-corrected chi connectivity index (χ4v) is 4.63. The van der Waals surface area contributed by atoms with Crippen molar-refractivity contribution in [2.45, 2.75) is 53.1 Å². The van der Waals surface area contributed by atoms with Gasteiger partial charge in [0.15, 0.2) is 22.0 Å². The highest BCUT2D eigenvalue weighted by atomic mass is 32.1. The van der Waals surface area contributed by atoms with Crippen molar-refractivity contribution in [1.29, 1.82) is 0 Å². The Morgan fingerprint density at radius 2 is 1.72 bits per heavy atom. The molecule has 0 amide bonds. The van der Waals surface area contributed by atoms with Crippen LogP contribution in [0.3, 0.4) is 0 Å². The third-order valence-electron chi connectivity index (χ3n) is 5.32. The molecule has 0 fully saturated rings. The second-order valence-corrected chi connectivity index (χ2v) is 9.23. The molecule has 29 heavy (non-hydrogen) atoms. The lowest BCUT2D eigenvalue weighted by atomic mass is 9.87. The molecule has 0 aliphatic carbocycles. The van der Waals surface area contributed by atoms with Crippen LogP contribution in [0.25, 0.3) is 32.2 Å². The van der Waals surface area contributed by atoms with E-state index >= 15 is 0 Å². The van der Waals surface area contributed by atoms with Crippen molar-refractivity contribution < 1.29 is 0 Å². The number of aryl methyl sites for hydroxylation is 2. The molecule has 0 unspecified atom stereocenters. The van der Waals surface area contributed by atoms with Crippen LogP contribution in [-0.2, 0) is 25.6 Å². The van der Waals surface area contributed by atoms with Crippen molar-refractivity contribution in [1.82, 2.24) is 23.7 Å². The Hall–Kier alpha value is -2.74. The van der Waals surface area contributed by atoms with E-state index in [9.17, 15) is 9.59 Å². The van der Waals surface area contributed by atoms with E-state index < -0.39 is 0 Å². The maximum Gasteiger partial charge on any atom is 0.332 e. The van der Waals surface area contributed by atoms with Crippen LogP contribution in [0.2, 0.25) is 0 Å². The predicted molar refractivity (Wildman–Crippen MR) is 118 cm³/mol. The summed E-state index contributed by atoms with van der Waals surface area (Å²) >= 11 is 1.55. The largest absolute Gasteiger partial charge is 0.332 e. The van der Waals surface area contributed by atoms with Gasteiger partial charge in [0.25, 0.3) is 5.56 Å². The number of hydrogen-bond donors (Lipinski definition) is 0. The summed E-state index contributed by atoms with van der Waals surface area (Å²) in [7, 11) is 1.81. The minimum atomic E-state index is -0.323. The zero-order valence-corrected chi connectivity index (χ0v) is 18.4. The Morgan fingerprint density at radius 1 is 1.03 bits per heavy atom. The Balaban J connectivity index is 2.00. The molecule has 0 spiro atoms. The number of hydrogen-bond acceptors (Lipinski definition) is 5. The molecule has 0 bridgehead atoms. The van der Waals surface area contributed by atoms with Crippen LogP contribution in [0, 0.1) is 0 Å². The summed E-state index contributed by atoms with van der Waals surface area (Å²) in [5.41, 5.74) is 2.42. The first-order valence-electron chi connectivity index (χ1n) is 9.78. The van der Waals surface area contributed by atoms with Gasteiger partial charge >= 0.3 is 5.69 Å². The molecule has 1 aromatic carbocycles. The van der Waals surface area contributed by atoms with Gasteiger partial charge in [0.1, 0.15) is 0 Å². The van der Waals surface area contributed by atoms with E-state index in [1.807, 2.05) is 20.0 Å². The van der Waals surface area contributed by atoms with E-state index in [4.69, 9.17) is 4.98 Å². The fourth-order valence-electron chi connectivity index (χ4n) is 3.60. The molecule has 152 valence electrons. The minimum Gasteiger partial charge on any atom is -0.319 e. The topological polar surface area (TPSA) is 74.7 Å². The molecule has 0 aliphatic heterocycles. The number of aromatic nitrogens is 5. The highest BCUT2D eigenvalue weighted by molar-refractivity contribution is 7.21. The Kier molecular flexibility index (Phi) is 4.49. The van der Waals surface area contributed by atoms with Crippen LogP contribution in [-0.4, -0.2) is 23.7 Å². The Labute approximate surface area is 172 Å². The molecule has 0 radical (unpaired) electrons. The molecule has 3 heterocycles. The van der Waals surface area contributed by atoms with Crippen molar-refractivity contribution in [3.8, 4) is 10.8 Å². The van der Waals surface area contributed by atoms with Gasteiger partial charge in [-0.3, -0.25) is 13.9 Å². The van der Waals surface area contributed by atoms with E-state index in [1.54, 1.807) is 27.4 Å². The first kappa shape index (κ1) is 19.6. The first-order valence-corrected chi connectivity index (χ1v) is 10.6. The highest BCUT2D eigenvalue weighted by Gasteiger charge is 2.22. The SMILES string of the molecule is CCn1c(=O)c2c(nc(-c3nc4ccc(C(C)(C)C)cc4s3)n2C)n(CC)c1=O. The van der Waals surface area contributed by atoms with Crippen LogP contribution in [0.1, 0.15) is 40.2 Å². The highest BCUT2D eigenvalue weighted by Crippen LogP contribution is 2.33. The predicted octanol–water partition coefficient (Wildman–Crippen LogP) is 3.51. The summed E-state index contributed by atoms with van der Waals surface area (Å²) in [6.07, 6.45) is 0. The second-order valence-electron chi connectivity index (χ2n) is 8.19. The van der Waals surface area contributed by atoms with Gasteiger partial charge in [-0.05, 0) is 37.0 Å². The van der Waals surface area contributed by atoms with E-state index in [0.717, 1.165) is 15.2 Å². The average Bonchev–Trinajstić information content (AvgIpc) is 3.22. The van der Waals surface area contributed by atoms with Crippen molar-refractivity contribution >= 4 is 32.7 Å². The third kappa shape index (κ3) is 2.93. The molecular weight excluding hydrogens is 386 g/mol. The smallest absolute Gasteiger partial charge is 0.319 e. The average molecular weight is 412 g/mol. The Bertz CT molecular complexity index is 1360. The van der Waals surface area contributed by atoms with Gasteiger partial charge in [0, 0.05) is 20.1 Å². The fraction of sp³-hybridized carbons (Fsp3) is 0.429. The molecule has 4 aromatic rings. The van der Waals surface area contributed by atoms with Crippen LogP contribution < -0.4 is 11.2 Å². The molecule has 0 aliphatic rings. The van der Waals surface area contributed by atoms with Crippen LogP contribution in [0.5, 0.6) is 0 Å². The van der Waals surface area contributed by atoms with Crippen molar-refractivity contribution in [3.63, 3.8) is 0 Å². The molecule has 8 heteroatoms. The lowest BCUT2D eigenvalue weighted by Crippen LogP contribution is -2.39. The summed E-state index contributed by atoms with van der Waals surface area (Å²) in [4.78, 5) is 35.0. The number of thiazole rings is 1. The van der Waals surface area contributed by atoms with Crippen molar-refractivity contribution in [3.05, 3.63) is 44.6 Å². The van der Waals surface area contributed by atoms with E-state index in [1.165, 1.54) is 10.1 Å². The van der Waals surface area contributed by atoms with Crippen molar-refractivity contribution in [2.75, 3.05) is 0 Å². The quantitative estimate of drug-likeness (QED) is 0.517. The van der Waals surface area contributed by atoms with Crippen LogP contribution in [0.4, 0.5) is 0 Å².